The Bertz CT molecular complexity index is 1300. The molecule has 1 aromatic heterocycles. The number of aromatic nitrogens is 2. The first-order valence-electron chi connectivity index (χ1n) is 12.1. The molecule has 2 aliphatic rings. The van der Waals surface area contributed by atoms with Crippen LogP contribution in [0.1, 0.15) is 36.1 Å². The van der Waals surface area contributed by atoms with Crippen LogP contribution in [-0.4, -0.2) is 76.0 Å². The number of aryl methyl sites for hydroxylation is 1. The van der Waals surface area contributed by atoms with E-state index >= 15 is 0 Å². The van der Waals surface area contributed by atoms with Gasteiger partial charge in [0.25, 0.3) is 0 Å². The summed E-state index contributed by atoms with van der Waals surface area (Å²) in [6, 6.07) is 8.89. The maximum absolute atomic E-state index is 13.4. The van der Waals surface area contributed by atoms with Crippen molar-refractivity contribution in [2.75, 3.05) is 37.9 Å². The highest BCUT2D eigenvalue weighted by Gasteiger charge is 2.47. The zero-order chi connectivity index (χ0) is 27.4. The van der Waals surface area contributed by atoms with Crippen molar-refractivity contribution >= 4 is 35.3 Å². The van der Waals surface area contributed by atoms with Crippen LogP contribution >= 0.6 is 11.8 Å². The van der Waals surface area contributed by atoms with Crippen molar-refractivity contribution in [3.8, 4) is 6.07 Å². The number of carboxylic acid groups (broad SMARTS) is 1. The summed E-state index contributed by atoms with van der Waals surface area (Å²) in [6.45, 7) is 0.284. The van der Waals surface area contributed by atoms with E-state index in [1.165, 1.54) is 23.8 Å². The van der Waals surface area contributed by atoms with Gasteiger partial charge >= 0.3 is 17.7 Å². The van der Waals surface area contributed by atoms with Crippen molar-refractivity contribution in [3.05, 3.63) is 51.2 Å². The van der Waals surface area contributed by atoms with Crippen LogP contribution in [0.25, 0.3) is 0 Å². The molecule has 38 heavy (non-hydrogen) atoms. The summed E-state index contributed by atoms with van der Waals surface area (Å²) in [7, 11) is 1.31. The minimum Gasteiger partial charge on any atom is -0.468 e. The standard InChI is InChI=1S/C25H28N6O6S/c1-37-22(32)25(10-5-7-16-6-3-4-8-18(16)25)14-19-20(31(35)36)21(28-23(27-19)38-2)29-12-13-30(24(33)34)17(15-29)9-11-26/h3-4,6,8,17H,5,7,9-10,12-15H2,1-2H3,(H,33,34)/t17-,25?/m0/s1. The fourth-order valence-corrected chi connectivity index (χ4v) is 5.92. The second kappa shape index (κ2) is 11.2. The van der Waals surface area contributed by atoms with Crippen LogP contribution in [0.5, 0.6) is 0 Å². The number of carbonyl (C=O) groups excluding carboxylic acids is 1. The van der Waals surface area contributed by atoms with E-state index in [1.54, 1.807) is 11.2 Å². The Labute approximate surface area is 223 Å². The fourth-order valence-electron chi connectivity index (χ4n) is 5.54. The number of benzene rings is 1. The number of anilines is 1. The molecule has 1 aliphatic carbocycles. The lowest BCUT2D eigenvalue weighted by Gasteiger charge is -2.39. The fraction of sp³-hybridized carbons (Fsp3) is 0.480. The number of rotatable bonds is 7. The van der Waals surface area contributed by atoms with Crippen LogP contribution in [0.15, 0.2) is 29.4 Å². The molecule has 1 fully saturated rings. The summed E-state index contributed by atoms with van der Waals surface area (Å²) < 4.78 is 5.24. The SMILES string of the molecule is COC(=O)C1(Cc2nc(SC)nc(N3CCN(C(=O)O)[C@@H](CC#N)C3)c2[N+](=O)[O-])CCCc2ccccc21. The number of esters is 1. The van der Waals surface area contributed by atoms with E-state index in [1.807, 2.05) is 30.3 Å². The summed E-state index contributed by atoms with van der Waals surface area (Å²) in [5, 5.41) is 31.6. The predicted molar refractivity (Wildman–Crippen MR) is 138 cm³/mol. The average molecular weight is 541 g/mol. The molecule has 1 N–H and O–H groups in total. The van der Waals surface area contributed by atoms with Crippen molar-refractivity contribution in [1.29, 1.82) is 5.26 Å². The topological polar surface area (TPSA) is 163 Å². The minimum atomic E-state index is -1.15. The van der Waals surface area contributed by atoms with Crippen molar-refractivity contribution in [2.45, 2.75) is 48.7 Å². The van der Waals surface area contributed by atoms with Gasteiger partial charge in [-0.05, 0) is 36.6 Å². The van der Waals surface area contributed by atoms with E-state index in [-0.39, 0.29) is 49.7 Å². The van der Waals surface area contributed by atoms with Crippen molar-refractivity contribution in [2.24, 2.45) is 0 Å². The molecule has 1 aromatic carbocycles. The summed E-state index contributed by atoms with van der Waals surface area (Å²) >= 11 is 1.21. The average Bonchev–Trinajstić information content (AvgIpc) is 2.92. The summed E-state index contributed by atoms with van der Waals surface area (Å²) in [5.74, 6) is -0.421. The predicted octanol–water partition coefficient (Wildman–Crippen LogP) is 3.18. The van der Waals surface area contributed by atoms with Gasteiger partial charge in [-0.2, -0.15) is 10.2 Å². The van der Waals surface area contributed by atoms with Crippen molar-refractivity contribution < 1.29 is 24.4 Å². The van der Waals surface area contributed by atoms with E-state index in [4.69, 9.17) is 4.74 Å². The third-order valence-corrected chi connectivity index (χ3v) is 7.81. The van der Waals surface area contributed by atoms with Crippen LogP contribution < -0.4 is 4.90 Å². The normalized spacial score (nSPS) is 20.8. The highest BCUT2D eigenvalue weighted by Crippen LogP contribution is 2.44. The Morgan fingerprint density at radius 1 is 1.34 bits per heavy atom. The molecule has 200 valence electrons. The Balaban J connectivity index is 1.84. The molecule has 0 saturated carbocycles. The summed E-state index contributed by atoms with van der Waals surface area (Å²) in [5.41, 5.74) is 0.413. The Hall–Kier alpha value is -3.92. The molecule has 1 unspecified atom stereocenters. The number of carbonyl (C=O) groups is 2. The van der Waals surface area contributed by atoms with Crippen LogP contribution in [0, 0.1) is 21.4 Å². The lowest BCUT2D eigenvalue weighted by atomic mass is 9.67. The minimum absolute atomic E-state index is 0.0488. The lowest BCUT2D eigenvalue weighted by Crippen LogP contribution is -2.55. The second-order valence-corrected chi connectivity index (χ2v) is 10.1. The number of thioether (sulfide) groups is 1. The maximum atomic E-state index is 13.4. The van der Waals surface area contributed by atoms with Crippen LogP contribution in [0.4, 0.5) is 16.3 Å². The lowest BCUT2D eigenvalue weighted by molar-refractivity contribution is -0.385. The molecular weight excluding hydrogens is 512 g/mol. The van der Waals surface area contributed by atoms with Crippen LogP contribution in [0.2, 0.25) is 0 Å². The van der Waals surface area contributed by atoms with E-state index in [0.29, 0.717) is 18.0 Å². The number of hydrogen-bond donors (Lipinski definition) is 1. The molecule has 2 atom stereocenters. The van der Waals surface area contributed by atoms with Gasteiger partial charge in [0.15, 0.2) is 5.16 Å². The molecule has 1 aliphatic heterocycles. The van der Waals surface area contributed by atoms with E-state index in [2.05, 4.69) is 9.97 Å². The largest absolute Gasteiger partial charge is 0.468 e. The molecule has 1 saturated heterocycles. The van der Waals surface area contributed by atoms with Crippen LogP contribution in [-0.2, 0) is 27.8 Å². The molecule has 13 heteroatoms. The van der Waals surface area contributed by atoms with Crippen molar-refractivity contribution in [3.63, 3.8) is 0 Å². The highest BCUT2D eigenvalue weighted by atomic mass is 32.2. The van der Waals surface area contributed by atoms with Gasteiger partial charge in [-0.15, -0.1) is 0 Å². The first kappa shape index (κ1) is 27.1. The summed E-state index contributed by atoms with van der Waals surface area (Å²) in [6.07, 6.45) is 2.43. The van der Waals surface area contributed by atoms with Gasteiger partial charge in [0.1, 0.15) is 5.69 Å². The number of nitro groups is 1. The zero-order valence-corrected chi connectivity index (χ0v) is 21.9. The molecule has 0 spiro atoms. The zero-order valence-electron chi connectivity index (χ0n) is 21.1. The molecule has 1 amide bonds. The van der Waals surface area contributed by atoms with Gasteiger partial charge in [0, 0.05) is 26.1 Å². The van der Waals surface area contributed by atoms with Crippen LogP contribution in [0.3, 0.4) is 0 Å². The Kier molecular flexibility index (Phi) is 8.01. The third kappa shape index (κ3) is 4.96. The first-order valence-corrected chi connectivity index (χ1v) is 13.4. The van der Waals surface area contributed by atoms with Gasteiger partial charge < -0.3 is 19.6 Å². The molecular formula is C25H28N6O6S. The highest BCUT2D eigenvalue weighted by molar-refractivity contribution is 7.98. The smallest absolute Gasteiger partial charge is 0.407 e. The maximum Gasteiger partial charge on any atom is 0.407 e. The van der Waals surface area contributed by atoms with Gasteiger partial charge in [-0.25, -0.2) is 9.78 Å². The second-order valence-electron chi connectivity index (χ2n) is 9.29. The van der Waals surface area contributed by atoms with Crippen molar-refractivity contribution in [1.82, 2.24) is 14.9 Å². The molecule has 2 aromatic rings. The monoisotopic (exact) mass is 540 g/mol. The first-order chi connectivity index (χ1) is 18.2. The molecule has 2 heterocycles. The molecule has 0 radical (unpaired) electrons. The molecule has 12 nitrogen and oxygen atoms in total. The van der Waals surface area contributed by atoms with Gasteiger partial charge in [0.2, 0.25) is 5.82 Å². The number of ether oxygens (including phenoxy) is 1. The van der Waals surface area contributed by atoms with Gasteiger partial charge in [0.05, 0.1) is 36.0 Å². The molecule has 4 rings (SSSR count). The molecule has 0 bridgehead atoms. The number of amides is 1. The number of methoxy groups -OCH3 is 1. The Morgan fingerprint density at radius 2 is 2.11 bits per heavy atom. The number of hydrogen-bond acceptors (Lipinski definition) is 10. The van der Waals surface area contributed by atoms with E-state index < -0.39 is 28.4 Å². The quantitative estimate of drug-likeness (QED) is 0.180. The number of nitriles is 1. The van der Waals surface area contributed by atoms with Gasteiger partial charge in [-0.3, -0.25) is 14.9 Å². The number of nitrogens with zero attached hydrogens (tertiary/aromatic N) is 6. The number of piperazine rings is 1. The van der Waals surface area contributed by atoms with E-state index in [9.17, 15) is 30.1 Å². The van der Waals surface area contributed by atoms with E-state index in [0.717, 1.165) is 17.5 Å². The Morgan fingerprint density at radius 3 is 2.76 bits per heavy atom. The van der Waals surface area contributed by atoms with Gasteiger partial charge in [-0.1, -0.05) is 36.0 Å². The number of fused-ring (bicyclic) bond motifs is 1. The third-order valence-electron chi connectivity index (χ3n) is 7.27. The summed E-state index contributed by atoms with van der Waals surface area (Å²) in [4.78, 5) is 48.8.